The van der Waals surface area contributed by atoms with Crippen LogP contribution in [-0.2, 0) is 0 Å². The summed E-state index contributed by atoms with van der Waals surface area (Å²) in [5.74, 6) is 0. The van der Waals surface area contributed by atoms with Crippen LogP contribution in [0.15, 0.2) is 37.4 Å². The Labute approximate surface area is 153 Å². The van der Waals surface area contributed by atoms with Gasteiger partial charge in [0.25, 0.3) is 0 Å². The molecule has 2 unspecified atom stereocenters. The molecule has 2 aromatic heterocycles. The maximum Gasteiger partial charge on any atom is 0.327 e. The van der Waals surface area contributed by atoms with E-state index in [0.717, 1.165) is 19.3 Å². The van der Waals surface area contributed by atoms with Crippen LogP contribution in [0.2, 0.25) is 0 Å². The molecule has 3 rings (SSSR count). The van der Waals surface area contributed by atoms with Crippen molar-refractivity contribution in [2.75, 3.05) is 6.54 Å². The van der Waals surface area contributed by atoms with Crippen molar-refractivity contribution in [2.24, 2.45) is 10.8 Å². The molecule has 1 fully saturated rings. The first-order chi connectivity index (χ1) is 12.3. The third-order valence-electron chi connectivity index (χ3n) is 4.92. The number of hydrogen-bond donors (Lipinski definition) is 2. The van der Waals surface area contributed by atoms with Gasteiger partial charge in [0.15, 0.2) is 0 Å². The fourth-order valence-electron chi connectivity index (χ4n) is 4.26. The second-order valence-corrected chi connectivity index (χ2v) is 8.30. The summed E-state index contributed by atoms with van der Waals surface area (Å²) in [5.41, 5.74) is -0.0372. The molecule has 0 aliphatic heterocycles. The molecule has 8 nitrogen and oxygen atoms in total. The largest absolute Gasteiger partial charge is 0.337 e. The molecular formula is C18H26N6O2. The highest BCUT2D eigenvalue weighted by molar-refractivity contribution is 5.77. The Balaban J connectivity index is 1.64. The first-order valence-corrected chi connectivity index (χ1v) is 8.81. The van der Waals surface area contributed by atoms with Gasteiger partial charge in [0.2, 0.25) is 0 Å². The van der Waals surface area contributed by atoms with Crippen molar-refractivity contribution in [3.05, 3.63) is 37.4 Å². The summed E-state index contributed by atoms with van der Waals surface area (Å²) in [6.45, 7) is 7.13. The normalized spacial score (nSPS) is 24.8. The molecule has 0 radical (unpaired) electrons. The number of carbonyl (C=O) groups excluding carboxylic acids is 2. The SMILES string of the molecule is CC1(C)CC(NC(=O)n2ccnc2)CC(C)(CNC(=O)n2ccnc2)C1. The van der Waals surface area contributed by atoms with Gasteiger partial charge in [-0.05, 0) is 30.1 Å². The topological polar surface area (TPSA) is 93.8 Å². The van der Waals surface area contributed by atoms with E-state index in [1.165, 1.54) is 21.8 Å². The number of hydrogen-bond acceptors (Lipinski definition) is 4. The van der Waals surface area contributed by atoms with Gasteiger partial charge < -0.3 is 10.6 Å². The molecule has 1 aliphatic rings. The molecule has 2 amide bonds. The Bertz CT molecular complexity index is 753. The lowest BCUT2D eigenvalue weighted by Crippen LogP contribution is -2.51. The molecule has 2 atom stereocenters. The molecular weight excluding hydrogens is 332 g/mol. The van der Waals surface area contributed by atoms with Crippen molar-refractivity contribution in [1.29, 1.82) is 0 Å². The molecule has 140 valence electrons. The lowest BCUT2D eigenvalue weighted by molar-refractivity contribution is 0.0750. The van der Waals surface area contributed by atoms with Gasteiger partial charge in [-0.1, -0.05) is 20.8 Å². The number of rotatable bonds is 3. The molecule has 0 aromatic carbocycles. The lowest BCUT2D eigenvalue weighted by atomic mass is 9.62. The summed E-state index contributed by atoms with van der Waals surface area (Å²) in [6, 6.07) is -0.315. The van der Waals surface area contributed by atoms with E-state index in [4.69, 9.17) is 0 Å². The third kappa shape index (κ3) is 4.30. The number of imidazole rings is 2. The Morgan fingerprint density at radius 2 is 1.65 bits per heavy atom. The molecule has 2 heterocycles. The molecule has 26 heavy (non-hydrogen) atoms. The quantitative estimate of drug-likeness (QED) is 0.881. The van der Waals surface area contributed by atoms with Crippen LogP contribution in [0, 0.1) is 10.8 Å². The second kappa shape index (κ2) is 6.93. The highest BCUT2D eigenvalue weighted by Gasteiger charge is 2.42. The van der Waals surface area contributed by atoms with E-state index in [1.54, 1.807) is 24.8 Å². The monoisotopic (exact) mass is 358 g/mol. The van der Waals surface area contributed by atoms with Crippen molar-refractivity contribution in [1.82, 2.24) is 29.7 Å². The van der Waals surface area contributed by atoms with Crippen molar-refractivity contribution in [3.63, 3.8) is 0 Å². The summed E-state index contributed by atoms with van der Waals surface area (Å²) in [7, 11) is 0. The van der Waals surface area contributed by atoms with Gasteiger partial charge in [-0.2, -0.15) is 0 Å². The summed E-state index contributed by atoms with van der Waals surface area (Å²) in [4.78, 5) is 32.4. The number of aromatic nitrogens is 4. The van der Waals surface area contributed by atoms with E-state index >= 15 is 0 Å². The number of nitrogens with zero attached hydrogens (tertiary/aromatic N) is 4. The first-order valence-electron chi connectivity index (χ1n) is 8.81. The van der Waals surface area contributed by atoms with Gasteiger partial charge in [-0.15, -0.1) is 0 Å². The van der Waals surface area contributed by atoms with Gasteiger partial charge in [0.1, 0.15) is 12.7 Å². The zero-order chi connectivity index (χ0) is 18.8. The van der Waals surface area contributed by atoms with Crippen LogP contribution < -0.4 is 10.6 Å². The van der Waals surface area contributed by atoms with Gasteiger partial charge in [0.05, 0.1) is 0 Å². The van der Waals surface area contributed by atoms with Crippen molar-refractivity contribution < 1.29 is 9.59 Å². The van der Waals surface area contributed by atoms with Crippen LogP contribution in [-0.4, -0.2) is 43.8 Å². The predicted octanol–water partition coefficient (Wildman–Crippen LogP) is 2.48. The number of nitrogens with one attached hydrogen (secondary N) is 2. The summed E-state index contributed by atoms with van der Waals surface area (Å²) < 4.78 is 2.87. The van der Waals surface area contributed by atoms with Crippen molar-refractivity contribution in [2.45, 2.75) is 46.1 Å². The molecule has 2 aromatic rings. The van der Waals surface area contributed by atoms with E-state index < -0.39 is 0 Å². The summed E-state index contributed by atoms with van der Waals surface area (Å²) in [6.07, 6.45) is 12.1. The fraction of sp³-hybridized carbons (Fsp3) is 0.556. The van der Waals surface area contributed by atoms with Gasteiger partial charge in [-0.25, -0.2) is 19.6 Å². The Morgan fingerprint density at radius 3 is 2.23 bits per heavy atom. The summed E-state index contributed by atoms with van der Waals surface area (Å²) >= 11 is 0. The fourth-order valence-corrected chi connectivity index (χ4v) is 4.26. The number of amides is 2. The van der Waals surface area contributed by atoms with Crippen LogP contribution in [0.4, 0.5) is 9.59 Å². The Kier molecular flexibility index (Phi) is 4.84. The third-order valence-corrected chi connectivity index (χ3v) is 4.92. The van der Waals surface area contributed by atoms with Crippen LogP contribution in [0.3, 0.4) is 0 Å². The molecule has 0 bridgehead atoms. The molecule has 0 saturated heterocycles. The summed E-state index contributed by atoms with van der Waals surface area (Å²) in [5, 5.41) is 6.09. The highest BCUT2D eigenvalue weighted by Crippen LogP contribution is 2.45. The lowest BCUT2D eigenvalue weighted by Gasteiger charge is -2.46. The second-order valence-electron chi connectivity index (χ2n) is 8.30. The smallest absolute Gasteiger partial charge is 0.327 e. The molecule has 1 aliphatic carbocycles. The Morgan fingerprint density at radius 1 is 1.04 bits per heavy atom. The predicted molar refractivity (Wildman–Crippen MR) is 96.7 cm³/mol. The minimum Gasteiger partial charge on any atom is -0.337 e. The molecule has 8 heteroatoms. The molecule has 0 spiro atoms. The van der Waals surface area contributed by atoms with Gasteiger partial charge in [-0.3, -0.25) is 9.13 Å². The maximum atomic E-state index is 12.3. The van der Waals surface area contributed by atoms with Gasteiger partial charge in [0, 0.05) is 37.4 Å². The van der Waals surface area contributed by atoms with E-state index in [9.17, 15) is 9.59 Å². The highest BCUT2D eigenvalue weighted by atomic mass is 16.2. The van der Waals surface area contributed by atoms with Crippen LogP contribution >= 0.6 is 0 Å². The van der Waals surface area contributed by atoms with Gasteiger partial charge >= 0.3 is 12.1 Å². The van der Waals surface area contributed by atoms with Crippen LogP contribution in [0.1, 0.15) is 40.0 Å². The van der Waals surface area contributed by atoms with Crippen molar-refractivity contribution >= 4 is 12.1 Å². The van der Waals surface area contributed by atoms with E-state index in [1.807, 2.05) is 0 Å². The molecule has 2 N–H and O–H groups in total. The zero-order valence-electron chi connectivity index (χ0n) is 15.5. The van der Waals surface area contributed by atoms with Crippen LogP contribution in [0.25, 0.3) is 0 Å². The van der Waals surface area contributed by atoms with E-state index in [0.29, 0.717) is 6.54 Å². The minimum absolute atomic E-state index is 0.0452. The standard InChI is InChI=1S/C18H26N6O2/c1-17(2)8-14(22-16(26)24-7-5-20-13-24)9-18(3,10-17)11-21-15(25)23-6-4-19-12-23/h4-7,12-14H,8-11H2,1-3H3,(H,21,25)(H,22,26). The maximum absolute atomic E-state index is 12.3. The Hall–Kier alpha value is -2.64. The molecule has 1 saturated carbocycles. The zero-order valence-corrected chi connectivity index (χ0v) is 15.5. The van der Waals surface area contributed by atoms with Crippen LogP contribution in [0.5, 0.6) is 0 Å². The number of carbonyl (C=O) groups is 2. The average Bonchev–Trinajstić information content (AvgIpc) is 3.23. The van der Waals surface area contributed by atoms with Crippen molar-refractivity contribution in [3.8, 4) is 0 Å². The van der Waals surface area contributed by atoms with E-state index in [-0.39, 0.29) is 28.9 Å². The van der Waals surface area contributed by atoms with E-state index in [2.05, 4.69) is 41.4 Å². The average molecular weight is 358 g/mol. The first kappa shape index (κ1) is 18.2. The minimum atomic E-state index is -0.189.